The predicted molar refractivity (Wildman–Crippen MR) is 100 cm³/mol. The second kappa shape index (κ2) is 8.39. The molecule has 1 heterocycles. The van der Waals surface area contributed by atoms with Crippen LogP contribution in [0.25, 0.3) is 0 Å². The molecule has 0 radical (unpaired) electrons. The molecule has 2 amide bonds. The number of hydrogen-bond acceptors (Lipinski definition) is 3. The number of halogens is 2. The third kappa shape index (κ3) is 4.57. The number of amides is 2. The zero-order valence-corrected chi connectivity index (χ0v) is 15.7. The fourth-order valence-corrected chi connectivity index (χ4v) is 3.12. The second-order valence-corrected chi connectivity index (χ2v) is 6.72. The van der Waals surface area contributed by atoms with E-state index in [1.165, 1.54) is 24.3 Å². The van der Waals surface area contributed by atoms with Gasteiger partial charge in [0.2, 0.25) is 0 Å². The summed E-state index contributed by atoms with van der Waals surface area (Å²) in [7, 11) is 0. The average molecular weight is 391 g/mol. The van der Waals surface area contributed by atoms with Crippen molar-refractivity contribution in [1.82, 2.24) is 9.80 Å². The number of carbonyl (C=O) groups is 2. The number of carbonyl (C=O) groups excluding carboxylic acids is 2. The van der Waals surface area contributed by atoms with E-state index in [1.54, 1.807) is 41.0 Å². The van der Waals surface area contributed by atoms with Crippen molar-refractivity contribution >= 4 is 23.4 Å². The Morgan fingerprint density at radius 2 is 1.59 bits per heavy atom. The van der Waals surface area contributed by atoms with Gasteiger partial charge in [-0.1, -0.05) is 23.7 Å². The fourth-order valence-electron chi connectivity index (χ4n) is 2.94. The van der Waals surface area contributed by atoms with E-state index in [-0.39, 0.29) is 17.6 Å². The standard InChI is InChI=1S/C20H20ClFN2O3/c1-14(27-18-5-3-2-4-17(18)21)19(25)23-10-12-24(13-11-23)20(26)15-6-8-16(22)9-7-15/h2-9,14H,10-13H2,1H3. The lowest BCUT2D eigenvalue weighted by Crippen LogP contribution is -2.53. The number of ether oxygens (including phenoxy) is 1. The Hall–Kier alpha value is -2.60. The van der Waals surface area contributed by atoms with Crippen molar-refractivity contribution < 1.29 is 18.7 Å². The Kier molecular flexibility index (Phi) is 5.96. The van der Waals surface area contributed by atoms with E-state index in [9.17, 15) is 14.0 Å². The molecule has 1 aliphatic rings. The summed E-state index contributed by atoms with van der Waals surface area (Å²) in [5.41, 5.74) is 0.437. The molecule has 2 aromatic rings. The molecule has 27 heavy (non-hydrogen) atoms. The molecule has 142 valence electrons. The van der Waals surface area contributed by atoms with Gasteiger partial charge in [-0.15, -0.1) is 0 Å². The van der Waals surface area contributed by atoms with Crippen LogP contribution in [0.15, 0.2) is 48.5 Å². The van der Waals surface area contributed by atoms with Gasteiger partial charge in [0.25, 0.3) is 11.8 Å². The van der Waals surface area contributed by atoms with E-state index in [0.29, 0.717) is 42.5 Å². The first-order chi connectivity index (χ1) is 13.0. The Morgan fingerprint density at radius 1 is 1.00 bits per heavy atom. The molecule has 3 rings (SSSR count). The summed E-state index contributed by atoms with van der Waals surface area (Å²) in [6, 6.07) is 12.5. The lowest BCUT2D eigenvalue weighted by molar-refractivity contribution is -0.139. The van der Waals surface area contributed by atoms with Crippen LogP contribution in [0, 0.1) is 5.82 Å². The Labute approximate surface area is 162 Å². The van der Waals surface area contributed by atoms with Crippen LogP contribution >= 0.6 is 11.6 Å². The van der Waals surface area contributed by atoms with Crippen LogP contribution in [0.1, 0.15) is 17.3 Å². The Balaban J connectivity index is 1.55. The fraction of sp³-hybridized carbons (Fsp3) is 0.300. The van der Waals surface area contributed by atoms with Crippen LogP contribution in [0.2, 0.25) is 5.02 Å². The smallest absolute Gasteiger partial charge is 0.263 e. The highest BCUT2D eigenvalue weighted by molar-refractivity contribution is 6.32. The van der Waals surface area contributed by atoms with Crippen molar-refractivity contribution in [3.63, 3.8) is 0 Å². The van der Waals surface area contributed by atoms with Gasteiger partial charge in [0.15, 0.2) is 6.10 Å². The maximum Gasteiger partial charge on any atom is 0.263 e. The monoisotopic (exact) mass is 390 g/mol. The maximum absolute atomic E-state index is 13.0. The Morgan fingerprint density at radius 3 is 2.22 bits per heavy atom. The van der Waals surface area contributed by atoms with Crippen molar-refractivity contribution in [1.29, 1.82) is 0 Å². The molecule has 0 spiro atoms. The van der Waals surface area contributed by atoms with Crippen molar-refractivity contribution in [2.45, 2.75) is 13.0 Å². The number of nitrogens with zero attached hydrogens (tertiary/aromatic N) is 2. The normalized spacial score (nSPS) is 15.4. The third-order valence-electron chi connectivity index (χ3n) is 4.46. The highest BCUT2D eigenvalue weighted by atomic mass is 35.5. The minimum Gasteiger partial charge on any atom is -0.479 e. The number of hydrogen-bond donors (Lipinski definition) is 0. The summed E-state index contributed by atoms with van der Waals surface area (Å²) in [6.07, 6.45) is -0.677. The molecule has 0 bridgehead atoms. The molecule has 1 saturated heterocycles. The summed E-state index contributed by atoms with van der Waals surface area (Å²) in [6.45, 7) is 3.35. The molecule has 2 aromatic carbocycles. The molecular weight excluding hydrogens is 371 g/mol. The van der Waals surface area contributed by atoms with Crippen molar-refractivity contribution in [2.24, 2.45) is 0 Å². The molecule has 1 fully saturated rings. The van der Waals surface area contributed by atoms with Gasteiger partial charge in [-0.25, -0.2) is 4.39 Å². The molecule has 1 aliphatic heterocycles. The van der Waals surface area contributed by atoms with Gasteiger partial charge in [0.05, 0.1) is 5.02 Å². The summed E-state index contributed by atoms with van der Waals surface area (Å²) >= 11 is 6.06. The van der Waals surface area contributed by atoms with E-state index < -0.39 is 6.10 Å². The average Bonchev–Trinajstić information content (AvgIpc) is 2.69. The van der Waals surface area contributed by atoms with Gasteiger partial charge in [-0.3, -0.25) is 9.59 Å². The predicted octanol–water partition coefficient (Wildman–Crippen LogP) is 3.23. The first kappa shape index (κ1) is 19.2. The quantitative estimate of drug-likeness (QED) is 0.805. The van der Waals surface area contributed by atoms with Gasteiger partial charge in [0.1, 0.15) is 11.6 Å². The number of rotatable bonds is 4. The molecule has 7 heteroatoms. The van der Waals surface area contributed by atoms with Crippen LogP contribution in [-0.2, 0) is 4.79 Å². The molecule has 0 N–H and O–H groups in total. The summed E-state index contributed by atoms with van der Waals surface area (Å²) in [5.74, 6) is -0.231. The minimum atomic E-state index is -0.677. The number of benzene rings is 2. The third-order valence-corrected chi connectivity index (χ3v) is 4.77. The molecule has 1 atom stereocenters. The summed E-state index contributed by atoms with van der Waals surface area (Å²) < 4.78 is 18.7. The molecule has 0 aromatic heterocycles. The van der Waals surface area contributed by atoms with Gasteiger partial charge >= 0.3 is 0 Å². The van der Waals surface area contributed by atoms with Crippen molar-refractivity contribution in [2.75, 3.05) is 26.2 Å². The van der Waals surface area contributed by atoms with Crippen LogP contribution in [-0.4, -0.2) is 53.9 Å². The number of para-hydroxylation sites is 1. The first-order valence-electron chi connectivity index (χ1n) is 8.70. The minimum absolute atomic E-state index is 0.149. The largest absolute Gasteiger partial charge is 0.479 e. The van der Waals surface area contributed by atoms with Gasteiger partial charge < -0.3 is 14.5 Å². The highest BCUT2D eigenvalue weighted by Gasteiger charge is 2.28. The number of piperazine rings is 1. The SMILES string of the molecule is CC(Oc1ccccc1Cl)C(=O)N1CCN(C(=O)c2ccc(F)cc2)CC1. The van der Waals surface area contributed by atoms with Crippen LogP contribution in [0.5, 0.6) is 5.75 Å². The van der Waals surface area contributed by atoms with Crippen LogP contribution in [0.4, 0.5) is 4.39 Å². The van der Waals surface area contributed by atoms with Gasteiger partial charge in [-0.05, 0) is 43.3 Å². The molecule has 5 nitrogen and oxygen atoms in total. The van der Waals surface area contributed by atoms with Crippen molar-refractivity contribution in [3.05, 3.63) is 64.9 Å². The molecule has 1 unspecified atom stereocenters. The molecular formula is C20H20ClFN2O3. The second-order valence-electron chi connectivity index (χ2n) is 6.31. The first-order valence-corrected chi connectivity index (χ1v) is 9.08. The van der Waals surface area contributed by atoms with E-state index in [0.717, 1.165) is 0 Å². The molecule has 0 saturated carbocycles. The molecule has 0 aliphatic carbocycles. The zero-order valence-electron chi connectivity index (χ0n) is 14.9. The summed E-state index contributed by atoms with van der Waals surface area (Å²) in [5, 5.41) is 0.451. The van der Waals surface area contributed by atoms with Crippen LogP contribution in [0.3, 0.4) is 0 Å². The zero-order chi connectivity index (χ0) is 19.4. The highest BCUT2D eigenvalue weighted by Crippen LogP contribution is 2.24. The lowest BCUT2D eigenvalue weighted by atomic mass is 10.1. The van der Waals surface area contributed by atoms with E-state index in [2.05, 4.69) is 0 Å². The lowest BCUT2D eigenvalue weighted by Gasteiger charge is -2.36. The summed E-state index contributed by atoms with van der Waals surface area (Å²) in [4.78, 5) is 28.4. The topological polar surface area (TPSA) is 49.9 Å². The Bertz CT molecular complexity index is 820. The van der Waals surface area contributed by atoms with E-state index in [4.69, 9.17) is 16.3 Å². The van der Waals surface area contributed by atoms with Crippen molar-refractivity contribution in [3.8, 4) is 5.75 Å². The van der Waals surface area contributed by atoms with Gasteiger partial charge in [0, 0.05) is 31.7 Å². The van der Waals surface area contributed by atoms with Crippen LogP contribution < -0.4 is 4.74 Å². The van der Waals surface area contributed by atoms with E-state index in [1.807, 2.05) is 0 Å². The van der Waals surface area contributed by atoms with E-state index >= 15 is 0 Å². The maximum atomic E-state index is 13.0. The van der Waals surface area contributed by atoms with Gasteiger partial charge in [-0.2, -0.15) is 0 Å².